The van der Waals surface area contributed by atoms with Crippen LogP contribution in [0, 0.1) is 5.82 Å². The molecule has 21 heavy (non-hydrogen) atoms. The van der Waals surface area contributed by atoms with Crippen LogP contribution in [0.25, 0.3) is 11.1 Å². The van der Waals surface area contributed by atoms with Crippen molar-refractivity contribution in [1.82, 2.24) is 5.32 Å². The summed E-state index contributed by atoms with van der Waals surface area (Å²) in [6, 6.07) is 13.7. The first kappa shape index (κ1) is 15.7. The molecule has 0 fully saturated rings. The smallest absolute Gasteiger partial charge is 0.131 e. The first-order valence-corrected chi connectivity index (χ1v) is 7.52. The molecule has 1 N–H and O–H groups in total. The van der Waals surface area contributed by atoms with E-state index in [2.05, 4.69) is 38.2 Å². The molecule has 0 saturated heterocycles. The largest absolute Gasteiger partial charge is 0.316 e. The fraction of sp³-hybridized carbons (Fsp3) is 0.368. The van der Waals surface area contributed by atoms with E-state index in [-0.39, 0.29) is 11.2 Å². The molecule has 2 aromatic carbocycles. The van der Waals surface area contributed by atoms with Gasteiger partial charge in [0.2, 0.25) is 0 Å². The van der Waals surface area contributed by atoms with Crippen molar-refractivity contribution in [3.05, 3.63) is 59.4 Å². The molecule has 0 radical (unpaired) electrons. The van der Waals surface area contributed by atoms with Crippen LogP contribution in [0.4, 0.5) is 4.39 Å². The molecule has 2 heteroatoms. The van der Waals surface area contributed by atoms with Gasteiger partial charge in [-0.05, 0) is 41.6 Å². The molecule has 0 aromatic heterocycles. The van der Waals surface area contributed by atoms with E-state index in [0.717, 1.165) is 17.5 Å². The van der Waals surface area contributed by atoms with Gasteiger partial charge in [-0.1, -0.05) is 57.2 Å². The van der Waals surface area contributed by atoms with Gasteiger partial charge in [-0.15, -0.1) is 0 Å². The van der Waals surface area contributed by atoms with Crippen molar-refractivity contribution in [3.63, 3.8) is 0 Å². The molecule has 0 bridgehead atoms. The van der Waals surface area contributed by atoms with E-state index < -0.39 is 0 Å². The molecular weight excluding hydrogens is 261 g/mol. The maximum absolute atomic E-state index is 14.2. The second kappa shape index (κ2) is 6.40. The highest BCUT2D eigenvalue weighted by atomic mass is 19.1. The fourth-order valence-corrected chi connectivity index (χ4v) is 2.41. The van der Waals surface area contributed by atoms with Crippen LogP contribution in [-0.2, 0) is 12.0 Å². The lowest BCUT2D eigenvalue weighted by Crippen LogP contribution is -2.14. The highest BCUT2D eigenvalue weighted by Gasteiger charge is 2.17. The number of hydrogen-bond acceptors (Lipinski definition) is 1. The van der Waals surface area contributed by atoms with E-state index in [1.54, 1.807) is 6.07 Å². The number of nitrogens with one attached hydrogen (secondary N) is 1. The molecule has 0 unspecified atom stereocenters. The number of rotatable bonds is 5. The monoisotopic (exact) mass is 285 g/mol. The van der Waals surface area contributed by atoms with Crippen molar-refractivity contribution >= 4 is 0 Å². The average Bonchev–Trinajstić information content (AvgIpc) is 2.48. The van der Waals surface area contributed by atoms with Gasteiger partial charge in [0.05, 0.1) is 0 Å². The van der Waals surface area contributed by atoms with Gasteiger partial charge in [-0.2, -0.15) is 0 Å². The molecule has 112 valence electrons. The fourth-order valence-electron chi connectivity index (χ4n) is 2.41. The third-order valence-corrected chi connectivity index (χ3v) is 4.28. The van der Waals surface area contributed by atoms with Gasteiger partial charge in [-0.3, -0.25) is 0 Å². The second-order valence-corrected chi connectivity index (χ2v) is 6.16. The zero-order valence-electron chi connectivity index (χ0n) is 13.3. The van der Waals surface area contributed by atoms with Crippen molar-refractivity contribution in [1.29, 1.82) is 0 Å². The number of halogens is 1. The predicted octanol–water partition coefficient (Wildman–Crippen LogP) is 4.90. The van der Waals surface area contributed by atoms with E-state index >= 15 is 0 Å². The molecule has 0 saturated carbocycles. The van der Waals surface area contributed by atoms with Gasteiger partial charge in [-0.25, -0.2) is 4.39 Å². The zero-order chi connectivity index (χ0) is 15.5. The van der Waals surface area contributed by atoms with E-state index in [4.69, 9.17) is 0 Å². The first-order chi connectivity index (χ1) is 9.97. The standard InChI is InChI=1S/C19H24FN/c1-5-19(2,3)16-9-7-15(8-10-16)17-11-6-14(13-21-4)12-18(17)20/h6-12,21H,5,13H2,1-4H3. The summed E-state index contributed by atoms with van der Waals surface area (Å²) >= 11 is 0. The lowest BCUT2D eigenvalue weighted by atomic mass is 9.82. The van der Waals surface area contributed by atoms with Crippen molar-refractivity contribution in [2.24, 2.45) is 0 Å². The van der Waals surface area contributed by atoms with Gasteiger partial charge < -0.3 is 5.32 Å². The third kappa shape index (κ3) is 3.51. The number of benzene rings is 2. The second-order valence-electron chi connectivity index (χ2n) is 6.16. The molecule has 1 nitrogen and oxygen atoms in total. The SMILES string of the molecule is CCC(C)(C)c1ccc(-c2ccc(CNC)cc2F)cc1. The highest BCUT2D eigenvalue weighted by Crippen LogP contribution is 2.30. The molecule has 0 spiro atoms. The summed E-state index contributed by atoms with van der Waals surface area (Å²) in [7, 11) is 1.86. The summed E-state index contributed by atoms with van der Waals surface area (Å²) in [4.78, 5) is 0. The van der Waals surface area contributed by atoms with Crippen molar-refractivity contribution in [2.75, 3.05) is 7.05 Å². The lowest BCUT2D eigenvalue weighted by Gasteiger charge is -2.23. The van der Waals surface area contributed by atoms with Gasteiger partial charge in [0.25, 0.3) is 0 Å². The van der Waals surface area contributed by atoms with Crippen molar-refractivity contribution in [3.8, 4) is 11.1 Å². The molecule has 0 atom stereocenters. The topological polar surface area (TPSA) is 12.0 Å². The summed E-state index contributed by atoms with van der Waals surface area (Å²) in [5.74, 6) is -0.162. The van der Waals surface area contributed by atoms with Crippen LogP contribution in [0.5, 0.6) is 0 Å². The Kier molecular flexibility index (Phi) is 4.79. The molecule has 2 rings (SSSR count). The van der Waals surface area contributed by atoms with E-state index in [1.165, 1.54) is 5.56 Å². The molecule has 0 aliphatic carbocycles. The summed E-state index contributed by atoms with van der Waals surface area (Å²) in [6.07, 6.45) is 1.08. The van der Waals surface area contributed by atoms with Gasteiger partial charge in [0.15, 0.2) is 0 Å². The highest BCUT2D eigenvalue weighted by molar-refractivity contribution is 5.65. The van der Waals surface area contributed by atoms with E-state index in [1.807, 2.05) is 31.3 Å². The van der Waals surface area contributed by atoms with Crippen LogP contribution >= 0.6 is 0 Å². The lowest BCUT2D eigenvalue weighted by molar-refractivity contribution is 0.506. The van der Waals surface area contributed by atoms with Crippen LogP contribution in [0.2, 0.25) is 0 Å². The van der Waals surface area contributed by atoms with Crippen LogP contribution in [0.15, 0.2) is 42.5 Å². The Balaban J connectivity index is 2.31. The predicted molar refractivity (Wildman–Crippen MR) is 87.9 cm³/mol. The van der Waals surface area contributed by atoms with E-state index in [0.29, 0.717) is 12.1 Å². The third-order valence-electron chi connectivity index (χ3n) is 4.28. The summed E-state index contributed by atoms with van der Waals surface area (Å²) in [5, 5.41) is 3.03. The molecule has 0 amide bonds. The van der Waals surface area contributed by atoms with Crippen LogP contribution in [0.3, 0.4) is 0 Å². The summed E-state index contributed by atoms with van der Waals surface area (Å²) in [6.45, 7) is 7.33. The number of hydrogen-bond donors (Lipinski definition) is 1. The minimum atomic E-state index is -0.162. The zero-order valence-corrected chi connectivity index (χ0v) is 13.3. The minimum Gasteiger partial charge on any atom is -0.316 e. The Bertz CT molecular complexity index is 599. The molecular formula is C19H24FN. The molecule has 0 aliphatic heterocycles. The molecule has 0 heterocycles. The molecule has 0 aliphatic rings. The summed E-state index contributed by atoms with van der Waals surface area (Å²) < 4.78 is 14.2. The Morgan fingerprint density at radius 2 is 1.71 bits per heavy atom. The van der Waals surface area contributed by atoms with Gasteiger partial charge >= 0.3 is 0 Å². The Hall–Kier alpha value is -1.67. The Morgan fingerprint density at radius 3 is 2.24 bits per heavy atom. The van der Waals surface area contributed by atoms with Crippen LogP contribution in [0.1, 0.15) is 38.3 Å². The Labute approximate surface area is 127 Å². The average molecular weight is 285 g/mol. The minimum absolute atomic E-state index is 0.160. The first-order valence-electron chi connectivity index (χ1n) is 7.52. The normalized spacial score (nSPS) is 11.7. The van der Waals surface area contributed by atoms with Crippen molar-refractivity contribution < 1.29 is 4.39 Å². The summed E-state index contributed by atoms with van der Waals surface area (Å²) in [5.41, 5.74) is 4.01. The van der Waals surface area contributed by atoms with Crippen LogP contribution in [-0.4, -0.2) is 7.05 Å². The quantitative estimate of drug-likeness (QED) is 0.824. The maximum atomic E-state index is 14.2. The van der Waals surface area contributed by atoms with E-state index in [9.17, 15) is 4.39 Å². The molecule has 2 aromatic rings. The van der Waals surface area contributed by atoms with Gasteiger partial charge in [0.1, 0.15) is 5.82 Å². The van der Waals surface area contributed by atoms with Crippen LogP contribution < -0.4 is 5.32 Å². The van der Waals surface area contributed by atoms with Crippen molar-refractivity contribution in [2.45, 2.75) is 39.2 Å². The van der Waals surface area contributed by atoms with Gasteiger partial charge in [0, 0.05) is 12.1 Å². The Morgan fingerprint density at radius 1 is 1.05 bits per heavy atom. The maximum Gasteiger partial charge on any atom is 0.131 e.